The molecule has 0 aliphatic carbocycles. The topological polar surface area (TPSA) is 64.4 Å². The molecule has 2 aromatic heterocycles. The lowest BCUT2D eigenvalue weighted by Crippen LogP contribution is -2.17. The normalized spacial score (nSPS) is 11.0. The number of hydrogen-bond donors (Lipinski definition) is 1. The maximum Gasteiger partial charge on any atom is 0.158 e. The standard InChI is InChI=1S/C22H23N5O2/c1-26(2)29-21-7-5-4-6-16(21)12-23-22-20-15-27(14-17(20)13-24-25-22)18-8-10-19(28-3)11-9-18/h4-11,13-15H,12H2,1-3H3,(H,23,25). The molecular formula is C22H23N5O2. The van der Waals surface area contributed by atoms with Gasteiger partial charge in [-0.15, -0.1) is 5.10 Å². The first-order valence-electron chi connectivity index (χ1n) is 9.29. The second kappa shape index (κ2) is 8.20. The largest absolute Gasteiger partial charge is 0.497 e. The molecule has 0 aliphatic heterocycles. The van der Waals surface area contributed by atoms with Crippen LogP contribution in [0, 0.1) is 0 Å². The summed E-state index contributed by atoms with van der Waals surface area (Å²) in [6.45, 7) is 0.575. The average Bonchev–Trinajstić information content (AvgIpc) is 3.18. The Bertz CT molecular complexity index is 1110. The van der Waals surface area contributed by atoms with Crippen LogP contribution in [0.3, 0.4) is 0 Å². The fourth-order valence-electron chi connectivity index (χ4n) is 3.12. The van der Waals surface area contributed by atoms with E-state index in [4.69, 9.17) is 9.57 Å². The SMILES string of the molecule is COc1ccc(-n2cc3cnnc(NCc4ccccc4ON(C)C)c3c2)cc1. The number of ether oxygens (including phenoxy) is 1. The maximum atomic E-state index is 5.75. The Kier molecular flexibility index (Phi) is 5.31. The van der Waals surface area contributed by atoms with Gasteiger partial charge in [0, 0.05) is 55.1 Å². The highest BCUT2D eigenvalue weighted by atomic mass is 16.7. The van der Waals surface area contributed by atoms with Gasteiger partial charge in [-0.05, 0) is 30.3 Å². The molecule has 7 nitrogen and oxygen atoms in total. The minimum absolute atomic E-state index is 0.575. The van der Waals surface area contributed by atoms with Crippen molar-refractivity contribution in [1.29, 1.82) is 0 Å². The smallest absolute Gasteiger partial charge is 0.158 e. The van der Waals surface area contributed by atoms with Crippen molar-refractivity contribution in [2.24, 2.45) is 0 Å². The van der Waals surface area contributed by atoms with E-state index in [1.165, 1.54) is 0 Å². The predicted molar refractivity (Wildman–Crippen MR) is 114 cm³/mol. The number of nitrogens with one attached hydrogen (secondary N) is 1. The molecule has 0 unspecified atom stereocenters. The number of benzene rings is 2. The molecule has 7 heteroatoms. The van der Waals surface area contributed by atoms with Crippen molar-refractivity contribution < 1.29 is 9.57 Å². The Morgan fingerprint density at radius 1 is 1.03 bits per heavy atom. The van der Waals surface area contributed by atoms with Gasteiger partial charge in [0.05, 0.1) is 13.3 Å². The van der Waals surface area contributed by atoms with Crippen molar-refractivity contribution in [2.45, 2.75) is 6.54 Å². The molecule has 1 N–H and O–H groups in total. The fraction of sp³-hybridized carbons (Fsp3) is 0.182. The van der Waals surface area contributed by atoms with Gasteiger partial charge in [0.25, 0.3) is 0 Å². The fourth-order valence-corrected chi connectivity index (χ4v) is 3.12. The predicted octanol–water partition coefficient (Wildman–Crippen LogP) is 3.90. The Hall–Kier alpha value is -3.58. The monoisotopic (exact) mass is 389 g/mol. The van der Waals surface area contributed by atoms with Gasteiger partial charge in [0.1, 0.15) is 5.75 Å². The van der Waals surface area contributed by atoms with Crippen LogP contribution in [0.5, 0.6) is 11.5 Å². The van der Waals surface area contributed by atoms with E-state index in [2.05, 4.69) is 26.3 Å². The van der Waals surface area contributed by atoms with Crippen molar-refractivity contribution >= 4 is 16.6 Å². The van der Waals surface area contributed by atoms with E-state index in [0.29, 0.717) is 6.54 Å². The Balaban J connectivity index is 1.59. The van der Waals surface area contributed by atoms with Gasteiger partial charge >= 0.3 is 0 Å². The number of anilines is 1. The molecule has 148 valence electrons. The highest BCUT2D eigenvalue weighted by molar-refractivity contribution is 5.91. The third-order valence-electron chi connectivity index (χ3n) is 4.54. The van der Waals surface area contributed by atoms with E-state index >= 15 is 0 Å². The summed E-state index contributed by atoms with van der Waals surface area (Å²) in [4.78, 5) is 5.75. The summed E-state index contributed by atoms with van der Waals surface area (Å²) < 4.78 is 7.30. The van der Waals surface area contributed by atoms with Crippen molar-refractivity contribution in [3.63, 3.8) is 0 Å². The lowest BCUT2D eigenvalue weighted by molar-refractivity contribution is -0.00421. The molecule has 0 radical (unpaired) electrons. The minimum atomic E-state index is 0.575. The quantitative estimate of drug-likeness (QED) is 0.484. The van der Waals surface area contributed by atoms with Gasteiger partial charge in [-0.25, -0.2) is 0 Å². The number of rotatable bonds is 7. The average molecular weight is 389 g/mol. The number of hydrogen-bond acceptors (Lipinski definition) is 6. The van der Waals surface area contributed by atoms with E-state index in [9.17, 15) is 0 Å². The summed E-state index contributed by atoms with van der Waals surface area (Å²) in [6, 6.07) is 15.8. The van der Waals surface area contributed by atoms with E-state index in [1.54, 1.807) is 18.4 Å². The van der Waals surface area contributed by atoms with Crippen LogP contribution in [0.25, 0.3) is 16.5 Å². The molecule has 4 rings (SSSR count). The third-order valence-corrected chi connectivity index (χ3v) is 4.54. The second-order valence-corrected chi connectivity index (χ2v) is 6.79. The molecule has 0 saturated heterocycles. The molecule has 0 saturated carbocycles. The van der Waals surface area contributed by atoms with E-state index in [0.717, 1.165) is 39.3 Å². The maximum absolute atomic E-state index is 5.75. The van der Waals surface area contributed by atoms with Crippen LogP contribution in [0.15, 0.2) is 67.1 Å². The van der Waals surface area contributed by atoms with E-state index < -0.39 is 0 Å². The zero-order chi connectivity index (χ0) is 20.2. The summed E-state index contributed by atoms with van der Waals surface area (Å²) in [5.41, 5.74) is 2.08. The van der Waals surface area contributed by atoms with Gasteiger partial charge in [-0.1, -0.05) is 18.2 Å². The zero-order valence-corrected chi connectivity index (χ0v) is 16.7. The molecule has 0 bridgehead atoms. The first kappa shape index (κ1) is 18.8. The number of hydroxylamine groups is 2. The van der Waals surface area contributed by atoms with Crippen LogP contribution in [-0.4, -0.2) is 41.0 Å². The number of nitrogens with zero attached hydrogens (tertiary/aromatic N) is 4. The van der Waals surface area contributed by atoms with Gasteiger partial charge in [-0.3, -0.25) is 0 Å². The zero-order valence-electron chi connectivity index (χ0n) is 16.7. The Morgan fingerprint density at radius 2 is 1.83 bits per heavy atom. The van der Waals surface area contributed by atoms with Crippen LogP contribution in [-0.2, 0) is 6.54 Å². The van der Waals surface area contributed by atoms with Gasteiger partial charge in [-0.2, -0.15) is 10.2 Å². The van der Waals surface area contributed by atoms with Crippen LogP contribution in [0.4, 0.5) is 5.82 Å². The molecular weight excluding hydrogens is 366 g/mol. The van der Waals surface area contributed by atoms with Crippen LogP contribution in [0.1, 0.15) is 5.56 Å². The number of aromatic nitrogens is 3. The third kappa shape index (κ3) is 4.14. The van der Waals surface area contributed by atoms with Gasteiger partial charge in [0.2, 0.25) is 0 Å². The Morgan fingerprint density at radius 3 is 2.59 bits per heavy atom. The molecule has 0 spiro atoms. The highest BCUT2D eigenvalue weighted by Gasteiger charge is 2.10. The number of para-hydroxylation sites is 1. The van der Waals surface area contributed by atoms with E-state index in [-0.39, 0.29) is 0 Å². The summed E-state index contributed by atoms with van der Waals surface area (Å²) in [5, 5.41) is 15.5. The second-order valence-electron chi connectivity index (χ2n) is 6.79. The van der Waals surface area contributed by atoms with Gasteiger partial charge < -0.3 is 19.5 Å². The van der Waals surface area contributed by atoms with Gasteiger partial charge in [0.15, 0.2) is 11.6 Å². The van der Waals surface area contributed by atoms with E-state index in [1.807, 2.05) is 68.8 Å². The molecule has 2 aromatic carbocycles. The van der Waals surface area contributed by atoms with Crippen molar-refractivity contribution in [3.8, 4) is 17.2 Å². The Labute approximate surface area is 169 Å². The lowest BCUT2D eigenvalue weighted by atomic mass is 10.2. The first-order chi connectivity index (χ1) is 14.1. The molecule has 0 aliphatic rings. The molecule has 0 atom stereocenters. The summed E-state index contributed by atoms with van der Waals surface area (Å²) in [5.74, 6) is 2.37. The highest BCUT2D eigenvalue weighted by Crippen LogP contribution is 2.26. The van der Waals surface area contributed by atoms with Crippen molar-refractivity contribution in [2.75, 3.05) is 26.5 Å². The summed E-state index contributed by atoms with van der Waals surface area (Å²) in [6.07, 6.45) is 5.86. The molecule has 0 amide bonds. The molecule has 0 fully saturated rings. The summed E-state index contributed by atoms with van der Waals surface area (Å²) in [7, 11) is 5.38. The summed E-state index contributed by atoms with van der Waals surface area (Å²) >= 11 is 0. The molecule has 2 heterocycles. The number of methoxy groups -OCH3 is 1. The first-order valence-corrected chi connectivity index (χ1v) is 9.29. The minimum Gasteiger partial charge on any atom is -0.497 e. The number of fused-ring (bicyclic) bond motifs is 1. The van der Waals surface area contributed by atoms with Crippen LogP contribution >= 0.6 is 0 Å². The lowest BCUT2D eigenvalue weighted by Gasteiger charge is -2.15. The van der Waals surface area contributed by atoms with Crippen LogP contribution in [0.2, 0.25) is 0 Å². The van der Waals surface area contributed by atoms with Crippen LogP contribution < -0.4 is 14.9 Å². The molecule has 29 heavy (non-hydrogen) atoms. The molecule has 4 aromatic rings. The van der Waals surface area contributed by atoms with Crippen molar-refractivity contribution in [1.82, 2.24) is 19.8 Å². The van der Waals surface area contributed by atoms with Crippen molar-refractivity contribution in [3.05, 3.63) is 72.7 Å².